The smallest absolute Gasteiger partial charge is 0.240 e. The summed E-state index contributed by atoms with van der Waals surface area (Å²) >= 11 is 0. The lowest BCUT2D eigenvalue weighted by Crippen LogP contribution is -2.59. The molecular formula is C17H28N2O2. The molecule has 0 radical (unpaired) electrons. The van der Waals surface area contributed by atoms with Gasteiger partial charge in [-0.1, -0.05) is 19.9 Å². The molecule has 1 aromatic rings. The van der Waals surface area contributed by atoms with Crippen LogP contribution in [0.15, 0.2) is 18.2 Å². The number of hydrogen-bond donors (Lipinski definition) is 2. The van der Waals surface area contributed by atoms with E-state index < -0.39 is 11.4 Å². The highest BCUT2D eigenvalue weighted by Crippen LogP contribution is 2.24. The number of benzene rings is 1. The SMILES string of the molecule is Cc1cc(OCC(C)(NC(C)C)C(N)=O)ccc1C(C)C. The third kappa shape index (κ3) is 4.74. The predicted molar refractivity (Wildman–Crippen MR) is 86.6 cm³/mol. The minimum absolute atomic E-state index is 0.149. The molecule has 0 fully saturated rings. The van der Waals surface area contributed by atoms with Gasteiger partial charge in [-0.3, -0.25) is 10.1 Å². The van der Waals surface area contributed by atoms with E-state index in [1.165, 1.54) is 11.1 Å². The van der Waals surface area contributed by atoms with Crippen LogP contribution in [-0.4, -0.2) is 24.1 Å². The zero-order valence-corrected chi connectivity index (χ0v) is 14.0. The zero-order valence-electron chi connectivity index (χ0n) is 14.0. The van der Waals surface area contributed by atoms with Gasteiger partial charge < -0.3 is 10.5 Å². The van der Waals surface area contributed by atoms with Crippen molar-refractivity contribution in [1.82, 2.24) is 5.32 Å². The van der Waals surface area contributed by atoms with E-state index >= 15 is 0 Å². The van der Waals surface area contributed by atoms with Gasteiger partial charge in [-0.25, -0.2) is 0 Å². The van der Waals surface area contributed by atoms with Crippen molar-refractivity contribution in [3.63, 3.8) is 0 Å². The van der Waals surface area contributed by atoms with E-state index in [1.54, 1.807) is 6.92 Å². The summed E-state index contributed by atoms with van der Waals surface area (Å²) in [4.78, 5) is 11.7. The maximum Gasteiger partial charge on any atom is 0.240 e. The molecule has 1 atom stereocenters. The standard InChI is InChI=1S/C17H28N2O2/c1-11(2)15-8-7-14(9-13(15)5)21-10-17(6,16(18)20)19-12(3)4/h7-9,11-12,19H,10H2,1-6H3,(H2,18,20). The summed E-state index contributed by atoms with van der Waals surface area (Å²) in [7, 11) is 0. The molecule has 1 aromatic carbocycles. The Morgan fingerprint density at radius 1 is 1.33 bits per heavy atom. The normalized spacial score (nSPS) is 14.3. The van der Waals surface area contributed by atoms with Crippen LogP contribution in [0.4, 0.5) is 0 Å². The second-order valence-corrected chi connectivity index (χ2v) is 6.46. The molecule has 3 N–H and O–H groups in total. The third-order valence-corrected chi connectivity index (χ3v) is 3.54. The van der Waals surface area contributed by atoms with Crippen molar-refractivity contribution in [1.29, 1.82) is 0 Å². The van der Waals surface area contributed by atoms with Crippen molar-refractivity contribution in [3.8, 4) is 5.75 Å². The summed E-state index contributed by atoms with van der Waals surface area (Å²) in [5, 5.41) is 3.17. The van der Waals surface area contributed by atoms with Crippen LogP contribution in [0.25, 0.3) is 0 Å². The Balaban J connectivity index is 2.81. The third-order valence-electron chi connectivity index (χ3n) is 3.54. The van der Waals surface area contributed by atoms with Crippen molar-refractivity contribution >= 4 is 5.91 Å². The van der Waals surface area contributed by atoms with Crippen LogP contribution in [0.3, 0.4) is 0 Å². The number of primary amides is 1. The van der Waals surface area contributed by atoms with Gasteiger partial charge in [-0.15, -0.1) is 0 Å². The number of hydrogen-bond acceptors (Lipinski definition) is 3. The highest BCUT2D eigenvalue weighted by atomic mass is 16.5. The Hall–Kier alpha value is -1.55. The van der Waals surface area contributed by atoms with Crippen LogP contribution < -0.4 is 15.8 Å². The summed E-state index contributed by atoms with van der Waals surface area (Å²) in [6.07, 6.45) is 0. The molecule has 1 unspecified atom stereocenters. The second kappa shape index (κ2) is 6.94. The van der Waals surface area contributed by atoms with Gasteiger partial charge >= 0.3 is 0 Å². The molecule has 1 rings (SSSR count). The average molecular weight is 292 g/mol. The van der Waals surface area contributed by atoms with Crippen molar-refractivity contribution in [2.24, 2.45) is 5.73 Å². The van der Waals surface area contributed by atoms with Gasteiger partial charge in [0, 0.05) is 6.04 Å². The molecule has 1 amide bonds. The molecular weight excluding hydrogens is 264 g/mol. The molecule has 4 heteroatoms. The maximum atomic E-state index is 11.7. The average Bonchev–Trinajstić information content (AvgIpc) is 2.35. The Morgan fingerprint density at radius 3 is 2.38 bits per heavy atom. The zero-order chi connectivity index (χ0) is 16.2. The molecule has 0 spiro atoms. The first-order valence-corrected chi connectivity index (χ1v) is 7.46. The van der Waals surface area contributed by atoms with Crippen LogP contribution in [-0.2, 0) is 4.79 Å². The first-order valence-electron chi connectivity index (χ1n) is 7.46. The number of rotatable bonds is 7. The number of carbonyl (C=O) groups excluding carboxylic acids is 1. The van der Waals surface area contributed by atoms with Crippen LogP contribution in [0.5, 0.6) is 5.75 Å². The fraction of sp³-hybridized carbons (Fsp3) is 0.588. The second-order valence-electron chi connectivity index (χ2n) is 6.46. The Bertz CT molecular complexity index is 498. The van der Waals surface area contributed by atoms with Gasteiger partial charge in [0.15, 0.2) is 0 Å². The molecule has 0 aromatic heterocycles. The first-order chi connectivity index (χ1) is 9.65. The van der Waals surface area contributed by atoms with Crippen molar-refractivity contribution in [2.45, 2.75) is 59.0 Å². The number of nitrogens with one attached hydrogen (secondary N) is 1. The number of amides is 1. The molecule has 0 aliphatic carbocycles. The lowest BCUT2D eigenvalue weighted by Gasteiger charge is -2.29. The van der Waals surface area contributed by atoms with E-state index in [0.717, 1.165) is 5.75 Å². The molecule has 0 bridgehead atoms. The van der Waals surface area contributed by atoms with Gasteiger partial charge in [0.1, 0.15) is 17.9 Å². The number of carbonyl (C=O) groups is 1. The minimum Gasteiger partial charge on any atom is -0.491 e. The van der Waals surface area contributed by atoms with Crippen molar-refractivity contribution in [3.05, 3.63) is 29.3 Å². The first kappa shape index (κ1) is 17.5. The van der Waals surface area contributed by atoms with Crippen LogP contribution in [0.1, 0.15) is 51.7 Å². The summed E-state index contributed by atoms with van der Waals surface area (Å²) in [6.45, 7) is 12.3. The fourth-order valence-electron chi connectivity index (χ4n) is 2.43. The molecule has 4 nitrogen and oxygen atoms in total. The largest absolute Gasteiger partial charge is 0.491 e. The van der Waals surface area contributed by atoms with E-state index in [0.29, 0.717) is 5.92 Å². The quantitative estimate of drug-likeness (QED) is 0.812. The summed E-state index contributed by atoms with van der Waals surface area (Å²) < 4.78 is 5.79. The van der Waals surface area contributed by atoms with Crippen molar-refractivity contribution in [2.75, 3.05) is 6.61 Å². The van der Waals surface area contributed by atoms with Gasteiger partial charge in [0.2, 0.25) is 5.91 Å². The van der Waals surface area contributed by atoms with Crippen LogP contribution in [0.2, 0.25) is 0 Å². The van der Waals surface area contributed by atoms with E-state index in [2.05, 4.69) is 32.2 Å². The van der Waals surface area contributed by atoms with Gasteiger partial charge in [-0.05, 0) is 56.9 Å². The van der Waals surface area contributed by atoms with Gasteiger partial charge in [0.25, 0.3) is 0 Å². The Labute approximate surface area is 128 Å². The van der Waals surface area contributed by atoms with Crippen molar-refractivity contribution < 1.29 is 9.53 Å². The predicted octanol–water partition coefficient (Wildman–Crippen LogP) is 2.74. The molecule has 0 aliphatic rings. The van der Waals surface area contributed by atoms with Gasteiger partial charge in [-0.2, -0.15) is 0 Å². The van der Waals surface area contributed by atoms with Gasteiger partial charge in [0.05, 0.1) is 0 Å². The maximum absolute atomic E-state index is 11.7. The molecule has 118 valence electrons. The molecule has 0 aliphatic heterocycles. The fourth-order valence-corrected chi connectivity index (χ4v) is 2.43. The van der Waals surface area contributed by atoms with E-state index in [4.69, 9.17) is 10.5 Å². The number of nitrogens with two attached hydrogens (primary N) is 1. The Kier molecular flexibility index (Phi) is 5.78. The molecule has 0 saturated heterocycles. The lowest BCUT2D eigenvalue weighted by molar-refractivity contribution is -0.125. The number of ether oxygens (including phenoxy) is 1. The van der Waals surface area contributed by atoms with E-state index in [1.807, 2.05) is 26.0 Å². The highest BCUT2D eigenvalue weighted by Gasteiger charge is 2.32. The van der Waals surface area contributed by atoms with Crippen LogP contribution >= 0.6 is 0 Å². The highest BCUT2D eigenvalue weighted by molar-refractivity contribution is 5.84. The van der Waals surface area contributed by atoms with Crippen LogP contribution in [0, 0.1) is 6.92 Å². The Morgan fingerprint density at radius 2 is 1.95 bits per heavy atom. The van der Waals surface area contributed by atoms with E-state index in [9.17, 15) is 4.79 Å². The molecule has 21 heavy (non-hydrogen) atoms. The summed E-state index contributed by atoms with van der Waals surface area (Å²) in [5.41, 5.74) is 7.12. The molecule has 0 saturated carbocycles. The molecule has 0 heterocycles. The monoisotopic (exact) mass is 292 g/mol. The van der Waals surface area contributed by atoms with E-state index in [-0.39, 0.29) is 12.6 Å². The summed E-state index contributed by atoms with van der Waals surface area (Å²) in [6, 6.07) is 6.18. The minimum atomic E-state index is -0.876. The lowest BCUT2D eigenvalue weighted by atomic mass is 9.98. The number of aryl methyl sites for hydroxylation is 1. The summed E-state index contributed by atoms with van der Waals surface area (Å²) in [5.74, 6) is 0.833. The topological polar surface area (TPSA) is 64.3 Å².